The molecule has 3 nitrogen and oxygen atoms in total. The lowest BCUT2D eigenvalue weighted by molar-refractivity contribution is 0.416. The molecule has 0 saturated carbocycles. The molecular weight excluding hydrogens is 253 g/mol. The Kier molecular flexibility index (Phi) is 4.35. The van der Waals surface area contributed by atoms with Gasteiger partial charge in [0.2, 0.25) is 10.0 Å². The lowest BCUT2D eigenvalue weighted by Gasteiger charge is -2.19. The van der Waals surface area contributed by atoms with Crippen molar-refractivity contribution in [2.75, 3.05) is 18.8 Å². The first-order valence-electron chi connectivity index (χ1n) is 6.30. The van der Waals surface area contributed by atoms with Crippen molar-refractivity contribution in [1.29, 1.82) is 0 Å². The van der Waals surface area contributed by atoms with Gasteiger partial charge in [-0.15, -0.1) is 0 Å². The number of sulfonamides is 1. The van der Waals surface area contributed by atoms with Gasteiger partial charge in [0.15, 0.2) is 0 Å². The van der Waals surface area contributed by atoms with E-state index < -0.39 is 10.0 Å². The van der Waals surface area contributed by atoms with Crippen molar-refractivity contribution >= 4 is 10.0 Å². The van der Waals surface area contributed by atoms with Gasteiger partial charge in [-0.05, 0) is 37.0 Å². The summed E-state index contributed by atoms with van der Waals surface area (Å²) < 4.78 is 38.4. The van der Waals surface area contributed by atoms with Crippen LogP contribution in [0.5, 0.6) is 0 Å². The van der Waals surface area contributed by atoms with E-state index in [-0.39, 0.29) is 11.6 Å². The first-order valence-corrected chi connectivity index (χ1v) is 7.91. The molecule has 0 radical (unpaired) electrons. The molecule has 1 aliphatic heterocycles. The van der Waals surface area contributed by atoms with Crippen molar-refractivity contribution in [3.8, 4) is 0 Å². The lowest BCUT2D eigenvalue weighted by Crippen LogP contribution is -2.33. The molecule has 0 atom stereocenters. The van der Waals surface area contributed by atoms with Crippen LogP contribution in [0.15, 0.2) is 24.3 Å². The van der Waals surface area contributed by atoms with E-state index in [1.807, 2.05) is 6.07 Å². The van der Waals surface area contributed by atoms with Gasteiger partial charge in [-0.25, -0.2) is 17.1 Å². The summed E-state index contributed by atoms with van der Waals surface area (Å²) in [5, 5.41) is 0. The maximum Gasteiger partial charge on any atom is 0.214 e. The number of rotatable bonds is 3. The summed E-state index contributed by atoms with van der Waals surface area (Å²) in [7, 11) is -3.10. The number of hydrogen-bond acceptors (Lipinski definition) is 2. The van der Waals surface area contributed by atoms with E-state index >= 15 is 0 Å². The van der Waals surface area contributed by atoms with Gasteiger partial charge >= 0.3 is 0 Å². The molecule has 1 aromatic carbocycles. The molecule has 100 valence electrons. The zero-order valence-corrected chi connectivity index (χ0v) is 11.1. The molecule has 2 rings (SSSR count). The molecule has 0 aromatic heterocycles. The summed E-state index contributed by atoms with van der Waals surface area (Å²) in [6, 6.07) is 6.34. The topological polar surface area (TPSA) is 37.4 Å². The lowest BCUT2D eigenvalue weighted by atomic mass is 10.1. The van der Waals surface area contributed by atoms with Crippen LogP contribution in [0, 0.1) is 5.82 Å². The zero-order chi connectivity index (χ0) is 13.0. The van der Waals surface area contributed by atoms with Crippen LogP contribution in [-0.4, -0.2) is 31.6 Å². The molecule has 0 spiro atoms. The van der Waals surface area contributed by atoms with Gasteiger partial charge in [0, 0.05) is 13.1 Å². The second-order valence-electron chi connectivity index (χ2n) is 4.66. The van der Waals surface area contributed by atoms with Crippen molar-refractivity contribution in [3.05, 3.63) is 35.6 Å². The fraction of sp³-hybridized carbons (Fsp3) is 0.538. The highest BCUT2D eigenvalue weighted by molar-refractivity contribution is 7.89. The average Bonchev–Trinajstić information content (AvgIpc) is 2.48. The van der Waals surface area contributed by atoms with Gasteiger partial charge in [-0.2, -0.15) is 0 Å². The Balaban J connectivity index is 2.00. The van der Waals surface area contributed by atoms with Crippen LogP contribution >= 0.6 is 0 Å². The highest BCUT2D eigenvalue weighted by Gasteiger charge is 2.23. The standard InChI is InChI=1S/C13H18FNO2S/c14-13-6-4-5-12(11-13)7-9-15-8-2-1-3-10-18(15,16)17/h4-6,11H,1-3,7-10H2. The fourth-order valence-corrected chi connectivity index (χ4v) is 3.82. The third-order valence-corrected chi connectivity index (χ3v) is 5.20. The van der Waals surface area contributed by atoms with Crippen LogP contribution in [0.4, 0.5) is 4.39 Å². The van der Waals surface area contributed by atoms with Crippen LogP contribution in [0.3, 0.4) is 0 Å². The highest BCUT2D eigenvalue weighted by atomic mass is 32.2. The van der Waals surface area contributed by atoms with Crippen molar-refractivity contribution in [2.45, 2.75) is 25.7 Å². The average molecular weight is 271 g/mol. The maximum atomic E-state index is 13.0. The van der Waals surface area contributed by atoms with E-state index in [1.165, 1.54) is 12.1 Å². The molecule has 1 saturated heterocycles. The molecule has 1 aliphatic rings. The summed E-state index contributed by atoms with van der Waals surface area (Å²) in [5.41, 5.74) is 0.842. The third-order valence-electron chi connectivity index (χ3n) is 3.24. The van der Waals surface area contributed by atoms with Crippen molar-refractivity contribution in [3.63, 3.8) is 0 Å². The van der Waals surface area contributed by atoms with Gasteiger partial charge in [0.05, 0.1) is 5.75 Å². The van der Waals surface area contributed by atoms with Crippen LogP contribution in [-0.2, 0) is 16.4 Å². The van der Waals surface area contributed by atoms with E-state index in [0.29, 0.717) is 19.5 Å². The van der Waals surface area contributed by atoms with E-state index in [1.54, 1.807) is 10.4 Å². The predicted molar refractivity (Wildman–Crippen MR) is 69.3 cm³/mol. The molecule has 0 amide bonds. The summed E-state index contributed by atoms with van der Waals surface area (Å²) in [4.78, 5) is 0. The second kappa shape index (κ2) is 5.80. The molecule has 0 N–H and O–H groups in total. The van der Waals surface area contributed by atoms with E-state index in [9.17, 15) is 12.8 Å². The number of hydrogen-bond donors (Lipinski definition) is 0. The molecule has 0 aliphatic carbocycles. The first kappa shape index (κ1) is 13.5. The van der Waals surface area contributed by atoms with E-state index in [0.717, 1.165) is 24.8 Å². The normalized spacial score (nSPS) is 20.5. The van der Waals surface area contributed by atoms with Crippen molar-refractivity contribution in [1.82, 2.24) is 4.31 Å². The predicted octanol–water partition coefficient (Wildman–Crippen LogP) is 2.18. The van der Waals surface area contributed by atoms with Gasteiger partial charge in [0.1, 0.15) is 5.82 Å². The smallest absolute Gasteiger partial charge is 0.212 e. The molecule has 0 bridgehead atoms. The van der Waals surface area contributed by atoms with Gasteiger partial charge < -0.3 is 0 Å². The second-order valence-corrected chi connectivity index (χ2v) is 6.74. The summed E-state index contributed by atoms with van der Waals surface area (Å²) in [5.74, 6) is -0.0258. The Hall–Kier alpha value is -0.940. The van der Waals surface area contributed by atoms with Crippen molar-refractivity contribution in [2.24, 2.45) is 0 Å². The van der Waals surface area contributed by atoms with Crippen LogP contribution in [0.2, 0.25) is 0 Å². The molecule has 1 aromatic rings. The van der Waals surface area contributed by atoms with Gasteiger partial charge in [-0.3, -0.25) is 0 Å². The van der Waals surface area contributed by atoms with Crippen LogP contribution in [0.1, 0.15) is 24.8 Å². The highest BCUT2D eigenvalue weighted by Crippen LogP contribution is 2.14. The molecular formula is C13H18FNO2S. The third kappa shape index (κ3) is 3.53. The quantitative estimate of drug-likeness (QED) is 0.845. The number of nitrogens with zero attached hydrogens (tertiary/aromatic N) is 1. The SMILES string of the molecule is O=S1(=O)CCCCCN1CCc1cccc(F)c1. The maximum absolute atomic E-state index is 13.0. The Morgan fingerprint density at radius 2 is 2.06 bits per heavy atom. The van der Waals surface area contributed by atoms with Crippen LogP contribution < -0.4 is 0 Å². The fourth-order valence-electron chi connectivity index (χ4n) is 2.21. The Labute approximate surface area is 108 Å². The minimum atomic E-state index is -3.10. The summed E-state index contributed by atoms with van der Waals surface area (Å²) in [6.45, 7) is 1.05. The Morgan fingerprint density at radius 3 is 2.83 bits per heavy atom. The Morgan fingerprint density at radius 1 is 1.22 bits per heavy atom. The monoisotopic (exact) mass is 271 g/mol. The van der Waals surface area contributed by atoms with E-state index in [4.69, 9.17) is 0 Å². The van der Waals surface area contributed by atoms with Gasteiger partial charge in [0.25, 0.3) is 0 Å². The summed E-state index contributed by atoms with van der Waals surface area (Å²) >= 11 is 0. The minimum absolute atomic E-state index is 0.246. The largest absolute Gasteiger partial charge is 0.214 e. The van der Waals surface area contributed by atoms with Gasteiger partial charge in [-0.1, -0.05) is 18.6 Å². The minimum Gasteiger partial charge on any atom is -0.212 e. The van der Waals surface area contributed by atoms with Crippen LogP contribution in [0.25, 0.3) is 0 Å². The number of benzene rings is 1. The molecule has 1 fully saturated rings. The Bertz CT molecular complexity index is 501. The molecule has 0 unspecified atom stereocenters. The molecule has 5 heteroatoms. The number of halogens is 1. The zero-order valence-electron chi connectivity index (χ0n) is 10.3. The van der Waals surface area contributed by atoms with Crippen molar-refractivity contribution < 1.29 is 12.8 Å². The van der Waals surface area contributed by atoms with E-state index in [2.05, 4.69) is 0 Å². The molecule has 1 heterocycles. The first-order chi connectivity index (χ1) is 8.58. The summed E-state index contributed by atoms with van der Waals surface area (Å²) in [6.07, 6.45) is 3.20. The molecule has 18 heavy (non-hydrogen) atoms.